The van der Waals surface area contributed by atoms with Crippen LogP contribution in [-0.2, 0) is 16.1 Å². The Kier molecular flexibility index (Phi) is 5.41. The van der Waals surface area contributed by atoms with Crippen LogP contribution in [0.2, 0.25) is 0 Å². The zero-order chi connectivity index (χ0) is 17.0. The molecule has 7 nitrogen and oxygen atoms in total. The van der Waals surface area contributed by atoms with E-state index < -0.39 is 5.60 Å². The zero-order valence-corrected chi connectivity index (χ0v) is 14.5. The molecule has 1 aliphatic rings. The van der Waals surface area contributed by atoms with Gasteiger partial charge in [-0.25, -0.2) is 14.8 Å². The van der Waals surface area contributed by atoms with Crippen molar-refractivity contribution in [3.63, 3.8) is 0 Å². The van der Waals surface area contributed by atoms with Crippen LogP contribution in [0.4, 0.5) is 10.6 Å². The summed E-state index contributed by atoms with van der Waals surface area (Å²) in [5.41, 5.74) is 0.423. The fourth-order valence-electron chi connectivity index (χ4n) is 2.53. The van der Waals surface area contributed by atoms with Crippen LogP contribution >= 0.6 is 0 Å². The number of ether oxygens (including phenoxy) is 2. The fourth-order valence-corrected chi connectivity index (χ4v) is 2.53. The maximum atomic E-state index is 11.9. The van der Waals surface area contributed by atoms with Crippen LogP contribution in [0.3, 0.4) is 0 Å². The summed E-state index contributed by atoms with van der Waals surface area (Å²) < 4.78 is 10.4. The van der Waals surface area contributed by atoms with E-state index in [9.17, 15) is 4.79 Å². The van der Waals surface area contributed by atoms with Crippen LogP contribution < -0.4 is 10.2 Å². The van der Waals surface area contributed by atoms with Gasteiger partial charge in [0.1, 0.15) is 18.0 Å². The average molecular weight is 322 g/mol. The summed E-state index contributed by atoms with van der Waals surface area (Å²) >= 11 is 0. The molecule has 1 N–H and O–H groups in total. The lowest BCUT2D eigenvalue weighted by Crippen LogP contribution is -2.40. The second kappa shape index (κ2) is 7.12. The highest BCUT2D eigenvalue weighted by molar-refractivity contribution is 5.68. The van der Waals surface area contributed by atoms with Gasteiger partial charge in [-0.1, -0.05) is 0 Å². The van der Waals surface area contributed by atoms with Crippen LogP contribution in [0.5, 0.6) is 0 Å². The Morgan fingerprint density at radius 2 is 2.17 bits per heavy atom. The van der Waals surface area contributed by atoms with Crippen LogP contribution in [0, 0.1) is 6.92 Å². The molecule has 7 heteroatoms. The topological polar surface area (TPSA) is 76.6 Å². The number of nitrogens with one attached hydrogen (secondary N) is 1. The highest BCUT2D eigenvalue weighted by Crippen LogP contribution is 2.19. The fraction of sp³-hybridized carbons (Fsp3) is 0.688. The molecule has 1 fully saturated rings. The molecule has 1 aliphatic heterocycles. The Hall–Kier alpha value is -1.89. The zero-order valence-electron chi connectivity index (χ0n) is 14.5. The Morgan fingerprint density at radius 3 is 2.83 bits per heavy atom. The number of alkyl carbamates (subject to hydrolysis) is 1. The van der Waals surface area contributed by atoms with Crippen molar-refractivity contribution in [1.29, 1.82) is 0 Å². The number of hydrogen-bond acceptors (Lipinski definition) is 6. The minimum atomic E-state index is -0.485. The summed E-state index contributed by atoms with van der Waals surface area (Å²) in [6.07, 6.45) is 0.491. The predicted molar refractivity (Wildman–Crippen MR) is 87.5 cm³/mol. The maximum absolute atomic E-state index is 11.9. The number of hydrogen-bond donors (Lipinski definition) is 1. The van der Waals surface area contributed by atoms with Gasteiger partial charge in [-0.15, -0.1) is 0 Å². The number of carbonyl (C=O) groups is 1. The van der Waals surface area contributed by atoms with Crippen molar-refractivity contribution < 1.29 is 14.3 Å². The number of aromatic nitrogens is 2. The first-order valence-electron chi connectivity index (χ1n) is 7.85. The summed E-state index contributed by atoms with van der Waals surface area (Å²) in [6, 6.07) is 2.01. The van der Waals surface area contributed by atoms with Crippen LogP contribution in [0.15, 0.2) is 6.07 Å². The van der Waals surface area contributed by atoms with Gasteiger partial charge in [0.15, 0.2) is 5.82 Å². The van der Waals surface area contributed by atoms with E-state index in [0.717, 1.165) is 24.5 Å². The number of rotatable bonds is 4. The Morgan fingerprint density at radius 1 is 1.43 bits per heavy atom. The SMILES string of the molecule is COCc1nc(C)cc(N2CC[C@H](NC(=O)OC(C)(C)C)C2)n1. The van der Waals surface area contributed by atoms with E-state index in [2.05, 4.69) is 20.2 Å². The molecule has 2 rings (SSSR count). The normalized spacial score (nSPS) is 18.1. The molecule has 23 heavy (non-hydrogen) atoms. The Labute approximate surface area is 137 Å². The Bertz CT molecular complexity index is 557. The molecule has 0 aromatic carbocycles. The highest BCUT2D eigenvalue weighted by atomic mass is 16.6. The van der Waals surface area contributed by atoms with Crippen molar-refractivity contribution in [2.75, 3.05) is 25.1 Å². The lowest BCUT2D eigenvalue weighted by molar-refractivity contribution is 0.0509. The van der Waals surface area contributed by atoms with E-state index in [4.69, 9.17) is 9.47 Å². The highest BCUT2D eigenvalue weighted by Gasteiger charge is 2.27. The molecule has 1 aromatic heterocycles. The number of carbonyl (C=O) groups excluding carboxylic acids is 1. The van der Waals surface area contributed by atoms with E-state index in [-0.39, 0.29) is 12.1 Å². The molecule has 0 saturated carbocycles. The molecule has 128 valence electrons. The smallest absolute Gasteiger partial charge is 0.407 e. The summed E-state index contributed by atoms with van der Waals surface area (Å²) in [5, 5.41) is 2.92. The minimum absolute atomic E-state index is 0.0611. The third-order valence-electron chi connectivity index (χ3n) is 3.39. The van der Waals surface area contributed by atoms with Gasteiger partial charge in [0.25, 0.3) is 0 Å². The summed E-state index contributed by atoms with van der Waals surface area (Å²) in [5.74, 6) is 1.55. The number of anilines is 1. The predicted octanol–water partition coefficient (Wildman–Crippen LogP) is 2.03. The molecule has 1 saturated heterocycles. The largest absolute Gasteiger partial charge is 0.444 e. The van der Waals surface area contributed by atoms with Gasteiger partial charge in [-0.3, -0.25) is 0 Å². The molecule has 0 spiro atoms. The molecule has 1 amide bonds. The van der Waals surface area contributed by atoms with Crippen LogP contribution in [0.1, 0.15) is 38.7 Å². The van der Waals surface area contributed by atoms with Crippen molar-refractivity contribution in [3.05, 3.63) is 17.6 Å². The summed E-state index contributed by atoms with van der Waals surface area (Å²) in [4.78, 5) is 22.9. The van der Waals surface area contributed by atoms with Crippen molar-refractivity contribution in [1.82, 2.24) is 15.3 Å². The quantitative estimate of drug-likeness (QED) is 0.914. The lowest BCUT2D eigenvalue weighted by Gasteiger charge is -2.22. The van der Waals surface area contributed by atoms with Crippen LogP contribution in [-0.4, -0.2) is 47.9 Å². The van der Waals surface area contributed by atoms with Gasteiger partial charge < -0.3 is 19.7 Å². The van der Waals surface area contributed by atoms with E-state index in [0.29, 0.717) is 19.0 Å². The molecule has 2 heterocycles. The molecular weight excluding hydrogens is 296 g/mol. The van der Waals surface area contributed by atoms with E-state index >= 15 is 0 Å². The second-order valence-electron chi connectivity index (χ2n) is 6.79. The maximum Gasteiger partial charge on any atom is 0.407 e. The number of nitrogens with zero attached hydrogens (tertiary/aromatic N) is 3. The first-order chi connectivity index (χ1) is 10.8. The number of aryl methyl sites for hydroxylation is 1. The van der Waals surface area contributed by atoms with Crippen molar-refractivity contribution in [3.8, 4) is 0 Å². The standard InChI is InChI=1S/C16H26N4O3/c1-11-8-14(19-13(17-11)10-22-5)20-7-6-12(9-20)18-15(21)23-16(2,3)4/h8,12H,6-7,9-10H2,1-5H3,(H,18,21)/t12-/m0/s1. The van der Waals surface area contributed by atoms with E-state index in [1.807, 2.05) is 33.8 Å². The van der Waals surface area contributed by atoms with Crippen molar-refractivity contribution in [2.24, 2.45) is 0 Å². The summed E-state index contributed by atoms with van der Waals surface area (Å²) in [7, 11) is 1.63. The molecule has 0 unspecified atom stereocenters. The second-order valence-corrected chi connectivity index (χ2v) is 6.79. The molecule has 0 radical (unpaired) electrons. The van der Waals surface area contributed by atoms with Gasteiger partial charge in [-0.2, -0.15) is 0 Å². The van der Waals surface area contributed by atoms with Gasteiger partial charge >= 0.3 is 6.09 Å². The first-order valence-corrected chi connectivity index (χ1v) is 7.85. The minimum Gasteiger partial charge on any atom is -0.444 e. The van der Waals surface area contributed by atoms with Gasteiger partial charge in [0, 0.05) is 32.0 Å². The van der Waals surface area contributed by atoms with Crippen molar-refractivity contribution in [2.45, 2.75) is 52.4 Å². The number of amides is 1. The Balaban J connectivity index is 1.96. The third-order valence-corrected chi connectivity index (χ3v) is 3.39. The van der Waals surface area contributed by atoms with Gasteiger partial charge in [0.2, 0.25) is 0 Å². The molecule has 0 bridgehead atoms. The van der Waals surface area contributed by atoms with Gasteiger partial charge in [0.05, 0.1) is 6.04 Å². The van der Waals surface area contributed by atoms with E-state index in [1.165, 1.54) is 0 Å². The first kappa shape index (κ1) is 17.5. The number of methoxy groups -OCH3 is 1. The molecule has 1 aromatic rings. The van der Waals surface area contributed by atoms with E-state index in [1.54, 1.807) is 7.11 Å². The monoisotopic (exact) mass is 322 g/mol. The lowest BCUT2D eigenvalue weighted by atomic mass is 10.2. The summed E-state index contributed by atoms with van der Waals surface area (Å²) in [6.45, 7) is 9.45. The molecule has 1 atom stereocenters. The van der Waals surface area contributed by atoms with Crippen molar-refractivity contribution >= 4 is 11.9 Å². The van der Waals surface area contributed by atoms with Gasteiger partial charge in [-0.05, 0) is 34.1 Å². The molecule has 0 aliphatic carbocycles. The van der Waals surface area contributed by atoms with Crippen LogP contribution in [0.25, 0.3) is 0 Å². The average Bonchev–Trinajstić information content (AvgIpc) is 2.84. The molecular formula is C16H26N4O3. The third kappa shape index (κ3) is 5.35.